The first-order chi connectivity index (χ1) is 9.34. The number of halogens is 1. The van der Waals surface area contributed by atoms with Crippen LogP contribution in [0.3, 0.4) is 0 Å². The fraction of sp³-hybridized carbons (Fsp3) is 0.125. The van der Waals surface area contributed by atoms with E-state index in [1.165, 1.54) is 0 Å². The van der Waals surface area contributed by atoms with Crippen LogP contribution >= 0.6 is 12.4 Å². The van der Waals surface area contributed by atoms with Gasteiger partial charge in [0.15, 0.2) is 5.78 Å². The van der Waals surface area contributed by atoms with Gasteiger partial charge in [-0.15, -0.1) is 12.4 Å². The van der Waals surface area contributed by atoms with Crippen LogP contribution in [0.1, 0.15) is 16.8 Å². The maximum absolute atomic E-state index is 12.3. The molecule has 0 N–H and O–H groups in total. The fourth-order valence-electron chi connectivity index (χ4n) is 2.25. The number of rotatable bonds is 4. The lowest BCUT2D eigenvalue weighted by Gasteiger charge is -2.06. The van der Waals surface area contributed by atoms with Crippen molar-refractivity contribution in [2.24, 2.45) is 0 Å². The quantitative estimate of drug-likeness (QED) is 0.685. The first-order valence-corrected chi connectivity index (χ1v) is 6.31. The molecule has 0 atom stereocenters. The summed E-state index contributed by atoms with van der Waals surface area (Å²) in [4.78, 5) is 16.3. The molecule has 1 aromatic heterocycles. The van der Waals surface area contributed by atoms with Gasteiger partial charge in [-0.3, -0.25) is 4.79 Å². The van der Waals surface area contributed by atoms with E-state index in [1.54, 1.807) is 12.5 Å². The monoisotopic (exact) mass is 286 g/mol. The largest absolute Gasteiger partial charge is 0.337 e. The molecule has 0 aliphatic heterocycles. The third-order valence-corrected chi connectivity index (χ3v) is 3.25. The summed E-state index contributed by atoms with van der Waals surface area (Å²) in [5.74, 6) is 0.172. The van der Waals surface area contributed by atoms with Gasteiger partial charge in [0, 0.05) is 30.9 Å². The highest BCUT2D eigenvalue weighted by atomic mass is 35.5. The normalized spacial score (nSPS) is 10.2. The zero-order valence-electron chi connectivity index (χ0n) is 10.9. The molecule has 3 nitrogen and oxygen atoms in total. The van der Waals surface area contributed by atoms with Crippen LogP contribution in [-0.4, -0.2) is 15.3 Å². The Kier molecular flexibility index (Phi) is 4.53. The van der Waals surface area contributed by atoms with Crippen molar-refractivity contribution in [1.82, 2.24) is 9.55 Å². The van der Waals surface area contributed by atoms with Gasteiger partial charge in [-0.1, -0.05) is 42.5 Å². The van der Waals surface area contributed by atoms with Gasteiger partial charge in [-0.2, -0.15) is 0 Å². The number of nitrogens with zero attached hydrogens (tertiary/aromatic N) is 2. The minimum absolute atomic E-state index is 0. The summed E-state index contributed by atoms with van der Waals surface area (Å²) in [5, 5.41) is 2.14. The van der Waals surface area contributed by atoms with Gasteiger partial charge in [0.1, 0.15) is 0 Å². The summed E-state index contributed by atoms with van der Waals surface area (Å²) in [6.07, 6.45) is 5.82. The fourth-order valence-corrected chi connectivity index (χ4v) is 2.25. The van der Waals surface area contributed by atoms with E-state index in [4.69, 9.17) is 0 Å². The van der Waals surface area contributed by atoms with E-state index < -0.39 is 0 Å². The molecular formula is C16H15ClN2O. The Morgan fingerprint density at radius 1 is 1.10 bits per heavy atom. The number of carbonyl (C=O) groups excluding carboxylic acids is 1. The van der Waals surface area contributed by atoms with Crippen LogP contribution in [0, 0.1) is 0 Å². The highest BCUT2D eigenvalue weighted by Crippen LogP contribution is 2.19. The molecule has 0 radical (unpaired) electrons. The second-order valence-electron chi connectivity index (χ2n) is 4.50. The standard InChI is InChI=1S/C16H14N2O.ClH/c19-16(8-10-18-11-9-17-12-18)15-7-3-5-13-4-1-2-6-14(13)15;/h1-7,9,11-12H,8,10H2;1H. The highest BCUT2D eigenvalue weighted by molar-refractivity contribution is 6.08. The van der Waals surface area contributed by atoms with E-state index in [2.05, 4.69) is 4.98 Å². The molecule has 0 aliphatic carbocycles. The first-order valence-electron chi connectivity index (χ1n) is 6.31. The van der Waals surface area contributed by atoms with Crippen molar-refractivity contribution in [2.45, 2.75) is 13.0 Å². The number of fused-ring (bicyclic) bond motifs is 1. The van der Waals surface area contributed by atoms with E-state index in [9.17, 15) is 4.79 Å². The van der Waals surface area contributed by atoms with Crippen molar-refractivity contribution in [3.05, 3.63) is 66.7 Å². The van der Waals surface area contributed by atoms with Crippen LogP contribution in [-0.2, 0) is 6.54 Å². The predicted octanol–water partition coefficient (Wildman–Crippen LogP) is 3.73. The van der Waals surface area contributed by atoms with Crippen molar-refractivity contribution in [3.8, 4) is 0 Å². The molecule has 102 valence electrons. The molecule has 0 amide bonds. The SMILES string of the molecule is Cl.O=C(CCn1ccnc1)c1cccc2ccccc12. The number of hydrogen-bond acceptors (Lipinski definition) is 2. The Bertz CT molecular complexity index is 702. The second-order valence-corrected chi connectivity index (χ2v) is 4.50. The number of imidazole rings is 1. The lowest BCUT2D eigenvalue weighted by Crippen LogP contribution is -2.05. The van der Waals surface area contributed by atoms with Gasteiger partial charge in [-0.05, 0) is 10.8 Å². The number of carbonyl (C=O) groups is 1. The first kappa shape index (κ1) is 14.3. The molecule has 4 heteroatoms. The third-order valence-electron chi connectivity index (χ3n) is 3.25. The van der Waals surface area contributed by atoms with Crippen LogP contribution in [0.15, 0.2) is 61.2 Å². The summed E-state index contributed by atoms with van der Waals surface area (Å²) >= 11 is 0. The molecule has 1 heterocycles. The van der Waals surface area contributed by atoms with Gasteiger partial charge in [0.05, 0.1) is 6.33 Å². The summed E-state index contributed by atoms with van der Waals surface area (Å²) in [6, 6.07) is 13.9. The van der Waals surface area contributed by atoms with E-state index in [0.717, 1.165) is 16.3 Å². The van der Waals surface area contributed by atoms with E-state index in [-0.39, 0.29) is 18.2 Å². The van der Waals surface area contributed by atoms with Crippen LogP contribution in [0.4, 0.5) is 0 Å². The number of Topliss-reactive ketones (excluding diaryl/α,β-unsaturated/α-hetero) is 1. The van der Waals surface area contributed by atoms with Gasteiger partial charge in [0.25, 0.3) is 0 Å². The van der Waals surface area contributed by atoms with Gasteiger partial charge in [0.2, 0.25) is 0 Å². The van der Waals surface area contributed by atoms with Crippen LogP contribution in [0.2, 0.25) is 0 Å². The molecule has 0 saturated carbocycles. The highest BCUT2D eigenvalue weighted by Gasteiger charge is 2.09. The lowest BCUT2D eigenvalue weighted by molar-refractivity contribution is 0.0978. The second kappa shape index (κ2) is 6.35. The lowest BCUT2D eigenvalue weighted by atomic mass is 10.00. The van der Waals surface area contributed by atoms with Crippen molar-refractivity contribution in [2.75, 3.05) is 0 Å². The molecule has 20 heavy (non-hydrogen) atoms. The number of ketones is 1. The maximum atomic E-state index is 12.3. The van der Waals surface area contributed by atoms with Crippen molar-refractivity contribution in [3.63, 3.8) is 0 Å². The Hall–Kier alpha value is -2.13. The van der Waals surface area contributed by atoms with Gasteiger partial charge >= 0.3 is 0 Å². The third kappa shape index (κ3) is 2.89. The molecule has 0 aliphatic rings. The number of aryl methyl sites for hydroxylation is 1. The van der Waals surface area contributed by atoms with Crippen LogP contribution < -0.4 is 0 Å². The summed E-state index contributed by atoms with van der Waals surface area (Å²) in [5.41, 5.74) is 0.804. The average molecular weight is 287 g/mol. The summed E-state index contributed by atoms with van der Waals surface area (Å²) in [7, 11) is 0. The minimum atomic E-state index is 0. The topological polar surface area (TPSA) is 34.9 Å². The van der Waals surface area contributed by atoms with Crippen molar-refractivity contribution < 1.29 is 4.79 Å². The smallest absolute Gasteiger partial charge is 0.165 e. The van der Waals surface area contributed by atoms with Crippen LogP contribution in [0.5, 0.6) is 0 Å². The number of aromatic nitrogens is 2. The number of hydrogen-bond donors (Lipinski definition) is 0. The van der Waals surface area contributed by atoms with E-state index in [0.29, 0.717) is 13.0 Å². The van der Waals surface area contributed by atoms with Crippen molar-refractivity contribution in [1.29, 1.82) is 0 Å². The Balaban J connectivity index is 0.00000147. The molecule has 3 rings (SSSR count). The molecular weight excluding hydrogens is 272 g/mol. The zero-order valence-corrected chi connectivity index (χ0v) is 11.7. The molecule has 0 fully saturated rings. The summed E-state index contributed by atoms with van der Waals surface area (Å²) in [6.45, 7) is 0.669. The Labute approximate surface area is 123 Å². The average Bonchev–Trinajstić information content (AvgIpc) is 2.97. The molecule has 0 saturated heterocycles. The Morgan fingerprint density at radius 3 is 2.70 bits per heavy atom. The summed E-state index contributed by atoms with van der Waals surface area (Å²) < 4.78 is 1.92. The molecule has 0 bridgehead atoms. The van der Waals surface area contributed by atoms with Gasteiger partial charge in [-0.25, -0.2) is 4.98 Å². The number of benzene rings is 2. The molecule has 2 aromatic carbocycles. The molecule has 0 unspecified atom stereocenters. The molecule has 0 spiro atoms. The maximum Gasteiger partial charge on any atom is 0.165 e. The minimum Gasteiger partial charge on any atom is -0.337 e. The van der Waals surface area contributed by atoms with Crippen LogP contribution in [0.25, 0.3) is 10.8 Å². The predicted molar refractivity (Wildman–Crippen MR) is 82.4 cm³/mol. The van der Waals surface area contributed by atoms with E-state index >= 15 is 0 Å². The van der Waals surface area contributed by atoms with E-state index in [1.807, 2.05) is 53.2 Å². The Morgan fingerprint density at radius 2 is 1.90 bits per heavy atom. The van der Waals surface area contributed by atoms with Crippen molar-refractivity contribution >= 4 is 29.0 Å². The zero-order chi connectivity index (χ0) is 13.1. The molecule has 3 aromatic rings. The van der Waals surface area contributed by atoms with Gasteiger partial charge < -0.3 is 4.57 Å².